The van der Waals surface area contributed by atoms with Crippen molar-refractivity contribution in [3.05, 3.63) is 24.6 Å². The van der Waals surface area contributed by atoms with E-state index in [9.17, 15) is 4.79 Å². The normalized spacial score (nSPS) is 13.0. The number of carbonyl (C=O) groups is 1. The molecule has 1 N–H and O–H groups in total. The molecule has 0 saturated heterocycles. The van der Waals surface area contributed by atoms with Gasteiger partial charge in [0.25, 0.3) is 0 Å². The molecular formula is C13H21N2O. The van der Waals surface area contributed by atoms with Crippen LogP contribution in [0, 0.1) is 18.3 Å². The van der Waals surface area contributed by atoms with Crippen LogP contribution in [0.5, 0.6) is 0 Å². The van der Waals surface area contributed by atoms with E-state index in [-0.39, 0.29) is 5.78 Å². The van der Waals surface area contributed by atoms with E-state index >= 15 is 0 Å². The van der Waals surface area contributed by atoms with Gasteiger partial charge in [-0.25, -0.2) is 4.98 Å². The minimum absolute atomic E-state index is 0.149. The van der Waals surface area contributed by atoms with Crippen LogP contribution in [0.3, 0.4) is 0 Å². The summed E-state index contributed by atoms with van der Waals surface area (Å²) in [6.07, 6.45) is 8.16. The molecule has 0 fully saturated rings. The predicted octanol–water partition coefficient (Wildman–Crippen LogP) is 3.26. The van der Waals surface area contributed by atoms with Crippen LogP contribution in [0.4, 0.5) is 0 Å². The minimum Gasteiger partial charge on any atom is -0.350 e. The van der Waals surface area contributed by atoms with Gasteiger partial charge >= 0.3 is 0 Å². The van der Waals surface area contributed by atoms with E-state index in [0.29, 0.717) is 24.0 Å². The molecule has 1 aromatic rings. The summed E-state index contributed by atoms with van der Waals surface area (Å²) in [7, 11) is 0. The van der Waals surface area contributed by atoms with Gasteiger partial charge in [-0.05, 0) is 24.7 Å². The van der Waals surface area contributed by atoms with Crippen LogP contribution in [0.15, 0.2) is 12.5 Å². The fourth-order valence-electron chi connectivity index (χ4n) is 1.81. The Morgan fingerprint density at radius 3 is 2.81 bits per heavy atom. The van der Waals surface area contributed by atoms with Crippen molar-refractivity contribution >= 4 is 5.78 Å². The molecular weight excluding hydrogens is 200 g/mol. The quantitative estimate of drug-likeness (QED) is 0.718. The number of unbranched alkanes of at least 4 members (excludes halogenated alkanes) is 1. The number of imidazole rings is 1. The second kappa shape index (κ2) is 6.46. The maximum absolute atomic E-state index is 11.9. The smallest absolute Gasteiger partial charge is 0.183 e. The standard InChI is InChI=1S/C13H21N2O/c1-4-5-6-11(10(2)3)7-13(16)12-8-14-9-15-12/h4,8-11H,5-7H2,1-3H3,(H,14,15). The van der Waals surface area contributed by atoms with E-state index in [1.165, 1.54) is 0 Å². The number of H-pyrrole nitrogens is 1. The van der Waals surface area contributed by atoms with Crippen molar-refractivity contribution in [2.75, 3.05) is 0 Å². The molecule has 89 valence electrons. The topological polar surface area (TPSA) is 45.8 Å². The van der Waals surface area contributed by atoms with Gasteiger partial charge in [0.2, 0.25) is 0 Å². The van der Waals surface area contributed by atoms with Crippen molar-refractivity contribution in [1.29, 1.82) is 0 Å². The van der Waals surface area contributed by atoms with Crippen LogP contribution in [-0.2, 0) is 0 Å². The number of carbonyl (C=O) groups excluding carboxylic acids is 1. The van der Waals surface area contributed by atoms with Gasteiger partial charge in [-0.3, -0.25) is 4.79 Å². The number of aromatic nitrogens is 2. The summed E-state index contributed by atoms with van der Waals surface area (Å²) in [5.41, 5.74) is 0.561. The van der Waals surface area contributed by atoms with Gasteiger partial charge < -0.3 is 4.98 Å². The van der Waals surface area contributed by atoms with E-state index in [1.54, 1.807) is 12.5 Å². The summed E-state index contributed by atoms with van der Waals surface area (Å²) in [6.45, 7) is 6.42. The highest BCUT2D eigenvalue weighted by Gasteiger charge is 2.18. The maximum Gasteiger partial charge on any atom is 0.183 e. The average molecular weight is 221 g/mol. The van der Waals surface area contributed by atoms with Crippen molar-refractivity contribution in [3.63, 3.8) is 0 Å². The Balaban J connectivity index is 2.51. The Hall–Kier alpha value is -1.12. The lowest BCUT2D eigenvalue weighted by Crippen LogP contribution is -2.14. The van der Waals surface area contributed by atoms with Crippen molar-refractivity contribution in [2.24, 2.45) is 11.8 Å². The van der Waals surface area contributed by atoms with Gasteiger partial charge in [-0.1, -0.05) is 27.2 Å². The van der Waals surface area contributed by atoms with Gasteiger partial charge in [0.05, 0.1) is 6.33 Å². The van der Waals surface area contributed by atoms with Gasteiger partial charge in [0.15, 0.2) is 5.78 Å². The first-order valence-electron chi connectivity index (χ1n) is 5.95. The summed E-state index contributed by atoms with van der Waals surface area (Å²) in [5, 5.41) is 0. The first kappa shape index (κ1) is 12.9. The van der Waals surface area contributed by atoms with Gasteiger partial charge in [-0.2, -0.15) is 0 Å². The first-order chi connectivity index (χ1) is 7.65. The van der Waals surface area contributed by atoms with Crippen LogP contribution in [0.1, 0.15) is 50.5 Å². The van der Waals surface area contributed by atoms with E-state index in [4.69, 9.17) is 0 Å². The maximum atomic E-state index is 11.9. The van der Waals surface area contributed by atoms with Crippen molar-refractivity contribution < 1.29 is 4.79 Å². The van der Waals surface area contributed by atoms with Crippen LogP contribution >= 0.6 is 0 Å². The second-order valence-corrected chi connectivity index (χ2v) is 4.57. The zero-order chi connectivity index (χ0) is 12.0. The molecule has 1 radical (unpaired) electrons. The molecule has 0 amide bonds. The molecule has 0 aliphatic heterocycles. The zero-order valence-electron chi connectivity index (χ0n) is 10.4. The fourth-order valence-corrected chi connectivity index (χ4v) is 1.81. The SMILES string of the molecule is C[CH]CCC(CC(=O)c1c[nH]cn1)C(C)C. The van der Waals surface area contributed by atoms with Crippen LogP contribution < -0.4 is 0 Å². The molecule has 0 saturated carbocycles. The Morgan fingerprint density at radius 1 is 1.56 bits per heavy atom. The van der Waals surface area contributed by atoms with E-state index in [0.717, 1.165) is 12.8 Å². The number of rotatable bonds is 7. The van der Waals surface area contributed by atoms with Crippen LogP contribution in [0.25, 0.3) is 0 Å². The Labute approximate surface area is 97.7 Å². The monoisotopic (exact) mass is 221 g/mol. The number of hydrogen-bond donors (Lipinski definition) is 1. The number of ketones is 1. The first-order valence-corrected chi connectivity index (χ1v) is 5.95. The minimum atomic E-state index is 0.149. The summed E-state index contributed by atoms with van der Waals surface area (Å²) >= 11 is 0. The molecule has 16 heavy (non-hydrogen) atoms. The average Bonchev–Trinajstić information content (AvgIpc) is 2.76. The third kappa shape index (κ3) is 3.80. The number of hydrogen-bond acceptors (Lipinski definition) is 2. The summed E-state index contributed by atoms with van der Waals surface area (Å²) in [6, 6.07) is 0. The second-order valence-electron chi connectivity index (χ2n) is 4.57. The molecule has 1 rings (SSSR count). The fraction of sp³-hybridized carbons (Fsp3) is 0.615. The highest BCUT2D eigenvalue weighted by molar-refractivity contribution is 5.94. The summed E-state index contributed by atoms with van der Waals surface area (Å²) in [5.74, 6) is 1.15. The molecule has 1 atom stereocenters. The van der Waals surface area contributed by atoms with E-state index < -0.39 is 0 Å². The molecule has 3 heteroatoms. The molecule has 1 unspecified atom stereocenters. The molecule has 0 aliphatic rings. The lowest BCUT2D eigenvalue weighted by molar-refractivity contribution is 0.0940. The lowest BCUT2D eigenvalue weighted by Gasteiger charge is -2.19. The Morgan fingerprint density at radius 2 is 2.31 bits per heavy atom. The van der Waals surface area contributed by atoms with Crippen molar-refractivity contribution in [2.45, 2.75) is 40.0 Å². The third-order valence-electron chi connectivity index (χ3n) is 3.00. The van der Waals surface area contributed by atoms with E-state index in [2.05, 4.69) is 37.2 Å². The van der Waals surface area contributed by atoms with Crippen LogP contribution in [0.2, 0.25) is 0 Å². The third-order valence-corrected chi connectivity index (χ3v) is 3.00. The number of nitrogens with zero attached hydrogens (tertiary/aromatic N) is 1. The summed E-state index contributed by atoms with van der Waals surface area (Å²) in [4.78, 5) is 18.7. The molecule has 0 bridgehead atoms. The van der Waals surface area contributed by atoms with E-state index in [1.807, 2.05) is 0 Å². The predicted molar refractivity (Wildman–Crippen MR) is 65.1 cm³/mol. The van der Waals surface area contributed by atoms with Gasteiger partial charge in [0, 0.05) is 12.6 Å². The summed E-state index contributed by atoms with van der Waals surface area (Å²) < 4.78 is 0. The molecule has 3 nitrogen and oxygen atoms in total. The van der Waals surface area contributed by atoms with Crippen LogP contribution in [-0.4, -0.2) is 15.8 Å². The van der Waals surface area contributed by atoms with Crippen molar-refractivity contribution in [1.82, 2.24) is 9.97 Å². The molecule has 0 aromatic carbocycles. The molecule has 0 spiro atoms. The Bertz CT molecular complexity index is 304. The molecule has 1 aromatic heterocycles. The largest absolute Gasteiger partial charge is 0.350 e. The Kier molecular flexibility index (Phi) is 5.23. The number of nitrogens with one attached hydrogen (secondary N) is 1. The highest BCUT2D eigenvalue weighted by atomic mass is 16.1. The molecule has 0 aliphatic carbocycles. The van der Waals surface area contributed by atoms with Gasteiger partial charge in [-0.15, -0.1) is 0 Å². The highest BCUT2D eigenvalue weighted by Crippen LogP contribution is 2.23. The number of aromatic amines is 1. The number of Topliss-reactive ketones (excluding diaryl/α,β-unsaturated/α-hetero) is 1. The van der Waals surface area contributed by atoms with Crippen molar-refractivity contribution in [3.8, 4) is 0 Å². The zero-order valence-corrected chi connectivity index (χ0v) is 10.4. The van der Waals surface area contributed by atoms with Gasteiger partial charge in [0.1, 0.15) is 5.69 Å². The molecule has 1 heterocycles. The lowest BCUT2D eigenvalue weighted by atomic mass is 9.86.